The maximum Gasteiger partial charge on any atom is 0.270 e. The van der Waals surface area contributed by atoms with Gasteiger partial charge in [-0.25, -0.2) is 9.97 Å². The zero-order valence-electron chi connectivity index (χ0n) is 14.4. The molecule has 132 valence electrons. The topological polar surface area (TPSA) is 109 Å². The third-order valence-electron chi connectivity index (χ3n) is 4.32. The van der Waals surface area contributed by atoms with Gasteiger partial charge in [-0.2, -0.15) is 5.26 Å². The van der Waals surface area contributed by atoms with Crippen LogP contribution in [-0.4, -0.2) is 19.3 Å². The molecule has 0 radical (unpaired) electrons. The van der Waals surface area contributed by atoms with Crippen molar-refractivity contribution in [3.8, 4) is 6.07 Å². The predicted molar refractivity (Wildman–Crippen MR) is 100 cm³/mol. The molecule has 1 aromatic carbocycles. The van der Waals surface area contributed by atoms with Crippen LogP contribution in [0.25, 0.3) is 16.6 Å². The second-order valence-corrected chi connectivity index (χ2v) is 6.11. The molecule has 0 saturated carbocycles. The van der Waals surface area contributed by atoms with Gasteiger partial charge in [0, 0.05) is 29.4 Å². The zero-order chi connectivity index (χ0) is 19.0. The Bertz CT molecular complexity index is 1240. The largest absolute Gasteiger partial charge is 0.364 e. The fourth-order valence-electron chi connectivity index (χ4n) is 2.98. The van der Waals surface area contributed by atoms with Gasteiger partial charge in [0.1, 0.15) is 11.5 Å². The van der Waals surface area contributed by atoms with Gasteiger partial charge in [0.15, 0.2) is 0 Å². The summed E-state index contributed by atoms with van der Waals surface area (Å²) in [6.07, 6.45) is 1.95. The number of nitro groups is 1. The molecule has 0 atom stereocenters. The monoisotopic (exact) mass is 358 g/mol. The van der Waals surface area contributed by atoms with E-state index in [1.807, 2.05) is 35.7 Å². The molecule has 27 heavy (non-hydrogen) atoms. The van der Waals surface area contributed by atoms with Crippen LogP contribution >= 0.6 is 0 Å². The minimum absolute atomic E-state index is 0.0680. The first kappa shape index (κ1) is 16.5. The number of imidazole rings is 1. The highest BCUT2D eigenvalue weighted by Crippen LogP contribution is 2.25. The number of rotatable bonds is 4. The Morgan fingerprint density at radius 3 is 2.85 bits per heavy atom. The van der Waals surface area contributed by atoms with Crippen molar-refractivity contribution in [2.24, 2.45) is 0 Å². The molecule has 4 aromatic rings. The van der Waals surface area contributed by atoms with E-state index in [4.69, 9.17) is 0 Å². The van der Waals surface area contributed by atoms with Crippen molar-refractivity contribution in [3.63, 3.8) is 0 Å². The first-order valence-electron chi connectivity index (χ1n) is 8.22. The molecular weight excluding hydrogens is 344 g/mol. The molecule has 0 aliphatic heterocycles. The predicted octanol–water partition coefficient (Wildman–Crippen LogP) is 3.58. The Morgan fingerprint density at radius 2 is 2.11 bits per heavy atom. The molecule has 0 fully saturated rings. The summed E-state index contributed by atoms with van der Waals surface area (Å²) < 4.78 is 2.00. The van der Waals surface area contributed by atoms with Crippen LogP contribution in [-0.2, 0) is 6.54 Å². The van der Waals surface area contributed by atoms with Gasteiger partial charge in [-0.3, -0.25) is 10.1 Å². The van der Waals surface area contributed by atoms with Gasteiger partial charge >= 0.3 is 0 Å². The standard InChI is InChI=1S/C19H14N6O2/c1-12-3-2-4-19-22-14(11-24(12)19)10-21-18-7-13(9-20)16-8-15(25(26)27)5-6-17(16)23-18/h2-8,11H,10H2,1H3,(H,21,23). The quantitative estimate of drug-likeness (QED) is 0.441. The lowest BCUT2D eigenvalue weighted by molar-refractivity contribution is -0.384. The molecule has 3 aromatic heterocycles. The lowest BCUT2D eigenvalue weighted by atomic mass is 10.1. The van der Waals surface area contributed by atoms with Crippen LogP contribution in [0.1, 0.15) is 17.0 Å². The molecule has 3 heterocycles. The van der Waals surface area contributed by atoms with Crippen molar-refractivity contribution in [2.45, 2.75) is 13.5 Å². The maximum absolute atomic E-state index is 10.9. The average Bonchev–Trinajstić information content (AvgIpc) is 3.09. The number of aryl methyl sites for hydroxylation is 1. The Kier molecular flexibility index (Phi) is 3.90. The molecule has 8 nitrogen and oxygen atoms in total. The molecule has 1 N–H and O–H groups in total. The molecule has 0 saturated heterocycles. The highest BCUT2D eigenvalue weighted by atomic mass is 16.6. The summed E-state index contributed by atoms with van der Waals surface area (Å²) in [6, 6.07) is 13.9. The first-order valence-corrected chi connectivity index (χ1v) is 8.22. The van der Waals surface area contributed by atoms with E-state index >= 15 is 0 Å². The minimum Gasteiger partial charge on any atom is -0.364 e. The van der Waals surface area contributed by atoms with E-state index in [1.54, 1.807) is 12.1 Å². The van der Waals surface area contributed by atoms with Crippen molar-refractivity contribution in [1.29, 1.82) is 5.26 Å². The second-order valence-electron chi connectivity index (χ2n) is 6.11. The van der Waals surface area contributed by atoms with E-state index in [0.29, 0.717) is 28.8 Å². The number of nitro benzene ring substituents is 1. The van der Waals surface area contributed by atoms with Gasteiger partial charge < -0.3 is 9.72 Å². The Hall–Kier alpha value is -3.99. The SMILES string of the molecule is Cc1cccc2nc(CNc3cc(C#N)c4cc([N+](=O)[O-])ccc4n3)cn12. The number of hydrogen-bond acceptors (Lipinski definition) is 6. The number of pyridine rings is 2. The van der Waals surface area contributed by atoms with Crippen molar-refractivity contribution in [1.82, 2.24) is 14.4 Å². The maximum atomic E-state index is 10.9. The first-order chi connectivity index (χ1) is 13.0. The van der Waals surface area contributed by atoms with Crippen LogP contribution < -0.4 is 5.32 Å². The van der Waals surface area contributed by atoms with E-state index in [1.165, 1.54) is 12.1 Å². The molecule has 0 unspecified atom stereocenters. The van der Waals surface area contributed by atoms with Crippen molar-refractivity contribution in [3.05, 3.63) is 75.7 Å². The fraction of sp³-hybridized carbons (Fsp3) is 0.105. The van der Waals surface area contributed by atoms with Gasteiger partial charge in [0.2, 0.25) is 0 Å². The third-order valence-corrected chi connectivity index (χ3v) is 4.32. The Morgan fingerprint density at radius 1 is 1.26 bits per heavy atom. The van der Waals surface area contributed by atoms with Crippen LogP contribution in [0.4, 0.5) is 11.5 Å². The number of aromatic nitrogens is 3. The number of nitriles is 1. The Balaban J connectivity index is 1.65. The van der Waals surface area contributed by atoms with Crippen molar-refractivity contribution >= 4 is 28.1 Å². The van der Waals surface area contributed by atoms with Crippen LogP contribution in [0, 0.1) is 28.4 Å². The lowest BCUT2D eigenvalue weighted by Crippen LogP contribution is -2.02. The van der Waals surface area contributed by atoms with Gasteiger partial charge in [-0.05, 0) is 31.2 Å². The number of nitrogens with one attached hydrogen (secondary N) is 1. The summed E-state index contributed by atoms with van der Waals surface area (Å²) in [4.78, 5) is 19.5. The molecule has 0 aliphatic rings. The van der Waals surface area contributed by atoms with Crippen LogP contribution in [0.3, 0.4) is 0 Å². The van der Waals surface area contributed by atoms with Gasteiger partial charge in [-0.15, -0.1) is 0 Å². The highest BCUT2D eigenvalue weighted by molar-refractivity contribution is 5.88. The third kappa shape index (κ3) is 3.02. The second kappa shape index (κ2) is 6.38. The zero-order valence-corrected chi connectivity index (χ0v) is 14.4. The molecule has 0 bridgehead atoms. The van der Waals surface area contributed by atoms with E-state index in [2.05, 4.69) is 21.4 Å². The van der Waals surface area contributed by atoms with E-state index in [0.717, 1.165) is 17.0 Å². The number of hydrogen-bond donors (Lipinski definition) is 1. The van der Waals surface area contributed by atoms with Gasteiger partial charge in [0.05, 0.1) is 34.3 Å². The van der Waals surface area contributed by atoms with Crippen molar-refractivity contribution in [2.75, 3.05) is 5.32 Å². The summed E-state index contributed by atoms with van der Waals surface area (Å²) >= 11 is 0. The fourth-order valence-corrected chi connectivity index (χ4v) is 2.98. The number of benzene rings is 1. The van der Waals surface area contributed by atoms with E-state index < -0.39 is 4.92 Å². The van der Waals surface area contributed by atoms with Crippen LogP contribution in [0.5, 0.6) is 0 Å². The number of nitrogens with zero attached hydrogens (tertiary/aromatic N) is 5. The van der Waals surface area contributed by atoms with Crippen LogP contribution in [0.15, 0.2) is 48.7 Å². The van der Waals surface area contributed by atoms with Crippen LogP contribution in [0.2, 0.25) is 0 Å². The molecule has 8 heteroatoms. The molecular formula is C19H14N6O2. The Labute approximate surface area is 153 Å². The summed E-state index contributed by atoms with van der Waals surface area (Å²) in [7, 11) is 0. The number of non-ortho nitro benzene ring substituents is 1. The lowest BCUT2D eigenvalue weighted by Gasteiger charge is -2.07. The van der Waals surface area contributed by atoms with E-state index in [-0.39, 0.29) is 5.69 Å². The smallest absolute Gasteiger partial charge is 0.270 e. The molecule has 0 amide bonds. The molecule has 4 rings (SSSR count). The molecule has 0 spiro atoms. The summed E-state index contributed by atoms with van der Waals surface area (Å²) in [5.41, 5.74) is 3.58. The van der Waals surface area contributed by atoms with Gasteiger partial charge in [0.25, 0.3) is 5.69 Å². The van der Waals surface area contributed by atoms with Crippen molar-refractivity contribution < 1.29 is 4.92 Å². The summed E-state index contributed by atoms with van der Waals surface area (Å²) in [5.74, 6) is 0.515. The number of fused-ring (bicyclic) bond motifs is 2. The summed E-state index contributed by atoms with van der Waals surface area (Å²) in [5, 5.41) is 24.0. The average molecular weight is 358 g/mol. The number of anilines is 1. The summed E-state index contributed by atoms with van der Waals surface area (Å²) in [6.45, 7) is 2.45. The normalized spacial score (nSPS) is 10.8. The molecule has 0 aliphatic carbocycles. The van der Waals surface area contributed by atoms with Gasteiger partial charge in [-0.1, -0.05) is 6.07 Å². The van der Waals surface area contributed by atoms with E-state index in [9.17, 15) is 15.4 Å². The minimum atomic E-state index is -0.488. The highest BCUT2D eigenvalue weighted by Gasteiger charge is 2.12.